The molecule has 0 aliphatic carbocycles. The Kier molecular flexibility index (Phi) is 4.86. The first kappa shape index (κ1) is 15.1. The fourth-order valence-electron chi connectivity index (χ4n) is 1.98. The molecule has 2 heterocycles. The predicted octanol–water partition coefficient (Wildman–Crippen LogP) is 3.58. The van der Waals surface area contributed by atoms with Crippen molar-refractivity contribution in [1.82, 2.24) is 19.6 Å². The van der Waals surface area contributed by atoms with Crippen LogP contribution < -0.4 is 4.74 Å². The van der Waals surface area contributed by atoms with Gasteiger partial charge >= 0.3 is 0 Å². The minimum Gasteiger partial charge on any atom is -0.484 e. The van der Waals surface area contributed by atoms with E-state index >= 15 is 0 Å². The van der Waals surface area contributed by atoms with Gasteiger partial charge in [-0.25, -0.2) is 0 Å². The molecule has 0 unspecified atom stereocenters. The summed E-state index contributed by atoms with van der Waals surface area (Å²) >= 11 is 3.62. The van der Waals surface area contributed by atoms with E-state index in [1.807, 2.05) is 15.6 Å². The molecule has 0 aliphatic heterocycles. The SMILES string of the molecule is CCc1nn(CC)c(COc2cnn(C(C)C)c2)c1Br. The summed E-state index contributed by atoms with van der Waals surface area (Å²) in [4.78, 5) is 0. The van der Waals surface area contributed by atoms with Gasteiger partial charge in [-0.2, -0.15) is 10.2 Å². The summed E-state index contributed by atoms with van der Waals surface area (Å²) in [6.45, 7) is 9.69. The van der Waals surface area contributed by atoms with Crippen LogP contribution in [0.3, 0.4) is 0 Å². The van der Waals surface area contributed by atoms with Gasteiger partial charge in [-0.05, 0) is 43.1 Å². The first-order valence-corrected chi connectivity index (χ1v) is 7.77. The van der Waals surface area contributed by atoms with Crippen LogP contribution in [0.4, 0.5) is 0 Å². The number of rotatable bonds is 6. The maximum Gasteiger partial charge on any atom is 0.157 e. The number of nitrogens with zero attached hydrogens (tertiary/aromatic N) is 4. The molecule has 0 fully saturated rings. The van der Waals surface area contributed by atoms with E-state index in [1.54, 1.807) is 6.20 Å². The molecule has 2 rings (SSSR count). The van der Waals surface area contributed by atoms with Crippen LogP contribution in [-0.4, -0.2) is 19.6 Å². The molecule has 0 radical (unpaired) electrons. The molecule has 0 aromatic carbocycles. The lowest BCUT2D eigenvalue weighted by Gasteiger charge is -2.07. The van der Waals surface area contributed by atoms with Gasteiger partial charge in [0.15, 0.2) is 5.75 Å². The zero-order valence-corrected chi connectivity index (χ0v) is 14.0. The quantitative estimate of drug-likeness (QED) is 0.807. The van der Waals surface area contributed by atoms with E-state index in [4.69, 9.17) is 4.74 Å². The normalized spacial score (nSPS) is 11.3. The largest absolute Gasteiger partial charge is 0.484 e. The highest BCUT2D eigenvalue weighted by atomic mass is 79.9. The Morgan fingerprint density at radius 2 is 2.10 bits per heavy atom. The van der Waals surface area contributed by atoms with Crippen molar-refractivity contribution in [2.75, 3.05) is 0 Å². The number of aromatic nitrogens is 4. The van der Waals surface area contributed by atoms with Crippen LogP contribution in [0.15, 0.2) is 16.9 Å². The molecule has 0 saturated carbocycles. The number of ether oxygens (including phenoxy) is 1. The molecular formula is C14H21BrN4O. The number of aryl methyl sites for hydroxylation is 2. The molecule has 6 heteroatoms. The van der Waals surface area contributed by atoms with Crippen LogP contribution in [0, 0.1) is 0 Å². The Morgan fingerprint density at radius 1 is 1.35 bits per heavy atom. The molecule has 2 aromatic rings. The minimum atomic E-state index is 0.340. The smallest absolute Gasteiger partial charge is 0.157 e. The summed E-state index contributed by atoms with van der Waals surface area (Å²) in [5.74, 6) is 0.785. The third-order valence-corrected chi connectivity index (χ3v) is 4.09. The Morgan fingerprint density at radius 3 is 2.65 bits per heavy atom. The average molecular weight is 341 g/mol. The van der Waals surface area contributed by atoms with Crippen LogP contribution >= 0.6 is 15.9 Å². The maximum atomic E-state index is 5.83. The van der Waals surface area contributed by atoms with Crippen LogP contribution in [0.5, 0.6) is 5.75 Å². The topological polar surface area (TPSA) is 44.9 Å². The van der Waals surface area contributed by atoms with Crippen molar-refractivity contribution < 1.29 is 4.74 Å². The van der Waals surface area contributed by atoms with Crippen molar-refractivity contribution in [1.29, 1.82) is 0 Å². The Balaban J connectivity index is 2.11. The van der Waals surface area contributed by atoms with Crippen LogP contribution in [-0.2, 0) is 19.6 Å². The van der Waals surface area contributed by atoms with E-state index in [-0.39, 0.29) is 0 Å². The first-order chi connectivity index (χ1) is 9.56. The number of hydrogen-bond acceptors (Lipinski definition) is 3. The second-order valence-electron chi connectivity index (χ2n) is 4.92. The summed E-state index contributed by atoms with van der Waals surface area (Å²) in [6.07, 6.45) is 4.58. The molecule has 0 atom stereocenters. The highest BCUT2D eigenvalue weighted by Gasteiger charge is 2.14. The Hall–Kier alpha value is -1.30. The molecule has 0 aliphatic rings. The van der Waals surface area contributed by atoms with E-state index in [2.05, 4.69) is 53.8 Å². The summed E-state index contributed by atoms with van der Waals surface area (Å²) < 4.78 is 10.8. The Bertz CT molecular complexity index is 574. The van der Waals surface area contributed by atoms with Crippen molar-refractivity contribution in [3.63, 3.8) is 0 Å². The van der Waals surface area contributed by atoms with Gasteiger partial charge in [-0.1, -0.05) is 6.92 Å². The van der Waals surface area contributed by atoms with Gasteiger partial charge in [0.25, 0.3) is 0 Å². The van der Waals surface area contributed by atoms with Crippen molar-refractivity contribution in [2.45, 2.75) is 53.3 Å². The van der Waals surface area contributed by atoms with Gasteiger partial charge in [0.2, 0.25) is 0 Å². The molecule has 5 nitrogen and oxygen atoms in total. The van der Waals surface area contributed by atoms with E-state index in [9.17, 15) is 0 Å². The molecule has 0 amide bonds. The van der Waals surface area contributed by atoms with Crippen LogP contribution in [0.25, 0.3) is 0 Å². The van der Waals surface area contributed by atoms with Gasteiger partial charge in [0, 0.05) is 12.6 Å². The van der Waals surface area contributed by atoms with E-state index in [0.717, 1.165) is 34.6 Å². The highest BCUT2D eigenvalue weighted by molar-refractivity contribution is 9.10. The van der Waals surface area contributed by atoms with E-state index < -0.39 is 0 Å². The third-order valence-electron chi connectivity index (χ3n) is 3.18. The average Bonchev–Trinajstić information content (AvgIpc) is 3.01. The van der Waals surface area contributed by atoms with E-state index in [0.29, 0.717) is 12.6 Å². The van der Waals surface area contributed by atoms with Gasteiger partial charge in [-0.3, -0.25) is 9.36 Å². The lowest BCUT2D eigenvalue weighted by atomic mass is 10.3. The van der Waals surface area contributed by atoms with Gasteiger partial charge in [0.1, 0.15) is 6.61 Å². The monoisotopic (exact) mass is 340 g/mol. The first-order valence-electron chi connectivity index (χ1n) is 6.97. The molecule has 0 spiro atoms. The Labute approximate surface area is 128 Å². The standard InChI is InChI=1S/C14H21BrN4O/c1-5-12-14(15)13(18(6-2)17-12)9-20-11-7-16-19(8-11)10(3)4/h7-8,10H,5-6,9H2,1-4H3. The molecule has 110 valence electrons. The number of halogens is 1. The molecule has 0 bridgehead atoms. The summed E-state index contributed by atoms with van der Waals surface area (Å²) in [5, 5.41) is 8.83. The zero-order valence-electron chi connectivity index (χ0n) is 12.4. The van der Waals surface area contributed by atoms with Crippen LogP contribution in [0.2, 0.25) is 0 Å². The fraction of sp³-hybridized carbons (Fsp3) is 0.571. The summed E-state index contributed by atoms with van der Waals surface area (Å²) in [7, 11) is 0. The van der Waals surface area contributed by atoms with Gasteiger partial charge < -0.3 is 4.74 Å². The second-order valence-corrected chi connectivity index (χ2v) is 5.71. The van der Waals surface area contributed by atoms with Crippen molar-refractivity contribution in [3.05, 3.63) is 28.3 Å². The number of hydrogen-bond donors (Lipinski definition) is 0. The molecular weight excluding hydrogens is 320 g/mol. The molecule has 2 aromatic heterocycles. The molecule has 0 saturated heterocycles. The lowest BCUT2D eigenvalue weighted by molar-refractivity contribution is 0.291. The van der Waals surface area contributed by atoms with Crippen molar-refractivity contribution in [3.8, 4) is 5.75 Å². The predicted molar refractivity (Wildman–Crippen MR) is 81.9 cm³/mol. The zero-order chi connectivity index (χ0) is 14.7. The lowest BCUT2D eigenvalue weighted by Crippen LogP contribution is -2.06. The van der Waals surface area contributed by atoms with Gasteiger partial charge in [-0.15, -0.1) is 0 Å². The minimum absolute atomic E-state index is 0.340. The fourth-order valence-corrected chi connectivity index (χ4v) is 2.66. The highest BCUT2D eigenvalue weighted by Crippen LogP contribution is 2.24. The maximum absolute atomic E-state index is 5.83. The summed E-state index contributed by atoms with van der Waals surface area (Å²) in [6, 6.07) is 0.340. The van der Waals surface area contributed by atoms with Crippen LogP contribution in [0.1, 0.15) is 45.1 Å². The van der Waals surface area contributed by atoms with E-state index in [1.165, 1.54) is 0 Å². The van der Waals surface area contributed by atoms with Crippen molar-refractivity contribution in [2.24, 2.45) is 0 Å². The second kappa shape index (κ2) is 6.43. The molecule has 20 heavy (non-hydrogen) atoms. The molecule has 0 N–H and O–H groups in total. The van der Waals surface area contributed by atoms with Gasteiger partial charge in [0.05, 0.1) is 28.3 Å². The van der Waals surface area contributed by atoms with Crippen molar-refractivity contribution >= 4 is 15.9 Å². The third kappa shape index (κ3) is 3.06. The summed E-state index contributed by atoms with van der Waals surface area (Å²) in [5.41, 5.74) is 2.14.